The van der Waals surface area contributed by atoms with Gasteiger partial charge in [-0.2, -0.15) is 0 Å². The van der Waals surface area contributed by atoms with Gasteiger partial charge in [0.05, 0.1) is 10.0 Å². The van der Waals surface area contributed by atoms with E-state index in [-0.39, 0.29) is 0 Å². The number of rotatable bonds is 7. The maximum atomic E-state index is 6.03. The first kappa shape index (κ1) is 17.1. The molecule has 0 saturated carbocycles. The first-order valence-electron chi connectivity index (χ1n) is 7.35. The molecule has 0 N–H and O–H groups in total. The van der Waals surface area contributed by atoms with Crippen molar-refractivity contribution < 1.29 is 4.74 Å². The number of nitrogens with zero attached hydrogens (tertiary/aromatic N) is 1. The molecule has 0 spiro atoms. The lowest BCUT2D eigenvalue weighted by atomic mass is 10.1. The molecule has 0 saturated heterocycles. The van der Waals surface area contributed by atoms with Crippen LogP contribution in [-0.2, 0) is 13.0 Å². The first-order chi connectivity index (χ1) is 10.6. The second kappa shape index (κ2) is 8.42. The number of para-hydroxylation sites is 1. The summed E-state index contributed by atoms with van der Waals surface area (Å²) in [7, 11) is 4.18. The lowest BCUT2D eigenvalue weighted by Gasteiger charge is -2.13. The third-order valence-corrected chi connectivity index (χ3v) is 4.14. The van der Waals surface area contributed by atoms with Gasteiger partial charge in [-0.1, -0.05) is 47.5 Å². The van der Waals surface area contributed by atoms with Crippen LogP contribution in [0, 0.1) is 0 Å². The van der Waals surface area contributed by atoms with E-state index >= 15 is 0 Å². The van der Waals surface area contributed by atoms with E-state index in [9.17, 15) is 0 Å². The van der Waals surface area contributed by atoms with Crippen molar-refractivity contribution in [3.63, 3.8) is 0 Å². The fourth-order valence-electron chi connectivity index (χ4n) is 2.23. The van der Waals surface area contributed by atoms with Crippen molar-refractivity contribution in [3.8, 4) is 5.75 Å². The average molecular weight is 338 g/mol. The van der Waals surface area contributed by atoms with Crippen molar-refractivity contribution >= 4 is 23.2 Å². The highest BCUT2D eigenvalue weighted by molar-refractivity contribution is 6.42. The van der Waals surface area contributed by atoms with E-state index in [1.165, 1.54) is 5.56 Å². The third kappa shape index (κ3) is 5.20. The van der Waals surface area contributed by atoms with Gasteiger partial charge in [0.15, 0.2) is 0 Å². The van der Waals surface area contributed by atoms with Crippen LogP contribution in [-0.4, -0.2) is 25.5 Å². The monoisotopic (exact) mass is 337 g/mol. The maximum Gasteiger partial charge on any atom is 0.122 e. The van der Waals surface area contributed by atoms with Gasteiger partial charge >= 0.3 is 0 Å². The molecule has 2 aromatic carbocycles. The Morgan fingerprint density at radius 1 is 1.00 bits per heavy atom. The predicted octanol–water partition coefficient (Wildman–Crippen LogP) is 5.07. The quantitative estimate of drug-likeness (QED) is 0.699. The van der Waals surface area contributed by atoms with Crippen LogP contribution >= 0.6 is 23.2 Å². The molecule has 4 heteroatoms. The van der Waals surface area contributed by atoms with Crippen molar-refractivity contribution in [1.82, 2.24) is 4.90 Å². The molecular formula is C18H21Cl2NO. The Morgan fingerprint density at radius 3 is 2.50 bits per heavy atom. The molecule has 22 heavy (non-hydrogen) atoms. The van der Waals surface area contributed by atoms with Gasteiger partial charge in [-0.25, -0.2) is 0 Å². The van der Waals surface area contributed by atoms with Crippen molar-refractivity contribution in [2.45, 2.75) is 19.4 Å². The second-order valence-corrected chi connectivity index (χ2v) is 6.37. The SMILES string of the molecule is CN(C)CCCc1ccccc1OCc1ccc(Cl)c(Cl)c1. The van der Waals surface area contributed by atoms with E-state index in [0.717, 1.165) is 30.7 Å². The van der Waals surface area contributed by atoms with Gasteiger partial charge < -0.3 is 9.64 Å². The summed E-state index contributed by atoms with van der Waals surface area (Å²) in [5.74, 6) is 0.937. The molecule has 0 fully saturated rings. The van der Waals surface area contributed by atoms with Crippen LogP contribution in [0.1, 0.15) is 17.5 Å². The molecule has 2 aromatic rings. The Labute approximate surface area is 142 Å². The number of hydrogen-bond acceptors (Lipinski definition) is 2. The van der Waals surface area contributed by atoms with E-state index in [1.807, 2.05) is 24.3 Å². The zero-order valence-electron chi connectivity index (χ0n) is 13.0. The van der Waals surface area contributed by atoms with E-state index in [4.69, 9.17) is 27.9 Å². The lowest BCUT2D eigenvalue weighted by Crippen LogP contribution is -2.13. The minimum atomic E-state index is 0.488. The number of aryl methyl sites for hydroxylation is 1. The van der Waals surface area contributed by atoms with Crippen LogP contribution in [0.3, 0.4) is 0 Å². The predicted molar refractivity (Wildman–Crippen MR) is 94.1 cm³/mol. The van der Waals surface area contributed by atoms with Crippen LogP contribution in [0.15, 0.2) is 42.5 Å². The molecule has 0 aromatic heterocycles. The summed E-state index contributed by atoms with van der Waals surface area (Å²) in [5.41, 5.74) is 2.25. The van der Waals surface area contributed by atoms with E-state index < -0.39 is 0 Å². The number of ether oxygens (including phenoxy) is 1. The van der Waals surface area contributed by atoms with Gasteiger partial charge in [0.25, 0.3) is 0 Å². The zero-order valence-corrected chi connectivity index (χ0v) is 14.5. The number of halogens is 2. The van der Waals surface area contributed by atoms with E-state index in [0.29, 0.717) is 16.7 Å². The highest BCUT2D eigenvalue weighted by Gasteiger charge is 2.05. The summed E-state index contributed by atoms with van der Waals surface area (Å²) in [6, 6.07) is 13.8. The van der Waals surface area contributed by atoms with Gasteiger partial charge in [-0.3, -0.25) is 0 Å². The minimum Gasteiger partial charge on any atom is -0.489 e. The van der Waals surface area contributed by atoms with Crippen LogP contribution in [0.5, 0.6) is 5.75 Å². The Balaban J connectivity index is 1.98. The molecule has 0 bridgehead atoms. The highest BCUT2D eigenvalue weighted by Crippen LogP contribution is 2.25. The molecule has 0 radical (unpaired) electrons. The molecule has 118 valence electrons. The second-order valence-electron chi connectivity index (χ2n) is 5.55. The van der Waals surface area contributed by atoms with Crippen LogP contribution in [0.2, 0.25) is 10.0 Å². The first-order valence-corrected chi connectivity index (χ1v) is 8.11. The maximum absolute atomic E-state index is 6.03. The normalized spacial score (nSPS) is 11.0. The molecule has 2 rings (SSSR count). The molecule has 0 heterocycles. The zero-order chi connectivity index (χ0) is 15.9. The van der Waals surface area contributed by atoms with Crippen LogP contribution < -0.4 is 4.74 Å². The fourth-order valence-corrected chi connectivity index (χ4v) is 2.55. The Kier molecular flexibility index (Phi) is 6.56. The molecule has 2 nitrogen and oxygen atoms in total. The fraction of sp³-hybridized carbons (Fsp3) is 0.333. The van der Waals surface area contributed by atoms with Gasteiger partial charge in [0, 0.05) is 0 Å². The summed E-state index contributed by atoms with van der Waals surface area (Å²) in [4.78, 5) is 2.19. The summed E-state index contributed by atoms with van der Waals surface area (Å²) in [5, 5.41) is 1.12. The summed E-state index contributed by atoms with van der Waals surface area (Å²) in [6.07, 6.45) is 2.12. The Bertz CT molecular complexity index is 614. The molecule has 0 aliphatic heterocycles. The number of benzene rings is 2. The molecule has 0 atom stereocenters. The van der Waals surface area contributed by atoms with Crippen molar-refractivity contribution in [2.75, 3.05) is 20.6 Å². The van der Waals surface area contributed by atoms with Gasteiger partial charge in [0.2, 0.25) is 0 Å². The number of hydrogen-bond donors (Lipinski definition) is 0. The molecule has 0 aliphatic carbocycles. The van der Waals surface area contributed by atoms with E-state index in [1.54, 1.807) is 6.07 Å². The topological polar surface area (TPSA) is 12.5 Å². The lowest BCUT2D eigenvalue weighted by molar-refractivity contribution is 0.302. The van der Waals surface area contributed by atoms with Crippen molar-refractivity contribution in [3.05, 3.63) is 63.6 Å². The van der Waals surface area contributed by atoms with Crippen LogP contribution in [0.25, 0.3) is 0 Å². The average Bonchev–Trinajstić information content (AvgIpc) is 2.49. The van der Waals surface area contributed by atoms with Gasteiger partial charge in [-0.15, -0.1) is 0 Å². The molecule has 0 amide bonds. The largest absolute Gasteiger partial charge is 0.489 e. The summed E-state index contributed by atoms with van der Waals surface area (Å²) < 4.78 is 5.96. The Hall–Kier alpha value is -1.22. The summed E-state index contributed by atoms with van der Waals surface area (Å²) in [6.45, 7) is 1.56. The third-order valence-electron chi connectivity index (χ3n) is 3.40. The molecule has 0 unspecified atom stereocenters. The highest BCUT2D eigenvalue weighted by atomic mass is 35.5. The summed E-state index contributed by atoms with van der Waals surface area (Å²) >= 11 is 12.0. The van der Waals surface area contributed by atoms with Gasteiger partial charge in [-0.05, 0) is 62.8 Å². The van der Waals surface area contributed by atoms with Crippen LogP contribution in [0.4, 0.5) is 0 Å². The Morgan fingerprint density at radius 2 is 1.77 bits per heavy atom. The van der Waals surface area contributed by atoms with E-state index in [2.05, 4.69) is 31.1 Å². The smallest absolute Gasteiger partial charge is 0.122 e. The van der Waals surface area contributed by atoms with Crippen molar-refractivity contribution in [1.29, 1.82) is 0 Å². The van der Waals surface area contributed by atoms with Crippen molar-refractivity contribution in [2.24, 2.45) is 0 Å². The van der Waals surface area contributed by atoms with Gasteiger partial charge in [0.1, 0.15) is 12.4 Å². The minimum absolute atomic E-state index is 0.488. The molecule has 0 aliphatic rings. The standard InChI is InChI=1S/C18H21Cl2NO/c1-21(2)11-5-7-15-6-3-4-8-18(15)22-13-14-9-10-16(19)17(20)12-14/h3-4,6,8-10,12H,5,7,11,13H2,1-2H3. The molecular weight excluding hydrogens is 317 g/mol.